The zero-order valence-electron chi connectivity index (χ0n) is 9.63. The van der Waals surface area contributed by atoms with Gasteiger partial charge in [0.15, 0.2) is 0 Å². The average molecular weight is 230 g/mol. The zero-order valence-corrected chi connectivity index (χ0v) is 9.63. The number of aryl methyl sites for hydroxylation is 1. The Morgan fingerprint density at radius 1 is 1.41 bits per heavy atom. The van der Waals surface area contributed by atoms with Gasteiger partial charge in [-0.2, -0.15) is 0 Å². The van der Waals surface area contributed by atoms with Crippen molar-refractivity contribution in [2.45, 2.75) is 19.9 Å². The molecule has 0 fully saturated rings. The van der Waals surface area contributed by atoms with Crippen molar-refractivity contribution in [3.05, 3.63) is 42.2 Å². The number of nitrogens with zero attached hydrogens (tertiary/aromatic N) is 2. The first-order chi connectivity index (χ1) is 8.24. The molecule has 88 valence electrons. The van der Waals surface area contributed by atoms with Crippen LogP contribution in [0.3, 0.4) is 0 Å². The van der Waals surface area contributed by atoms with Gasteiger partial charge in [0.2, 0.25) is 0 Å². The minimum atomic E-state index is -0.924. The van der Waals surface area contributed by atoms with Crippen molar-refractivity contribution in [2.24, 2.45) is 0 Å². The molecule has 0 saturated heterocycles. The van der Waals surface area contributed by atoms with E-state index in [0.29, 0.717) is 11.4 Å². The van der Waals surface area contributed by atoms with Crippen LogP contribution in [0.4, 0.5) is 0 Å². The molecule has 0 aliphatic heterocycles. The van der Waals surface area contributed by atoms with Gasteiger partial charge in [0.1, 0.15) is 5.82 Å². The van der Waals surface area contributed by atoms with E-state index in [4.69, 9.17) is 5.11 Å². The van der Waals surface area contributed by atoms with Gasteiger partial charge < -0.3 is 9.67 Å². The summed E-state index contributed by atoms with van der Waals surface area (Å²) in [4.78, 5) is 15.4. The predicted molar refractivity (Wildman–Crippen MR) is 64.9 cm³/mol. The van der Waals surface area contributed by atoms with Crippen LogP contribution in [-0.2, 0) is 6.54 Å². The SMILES string of the molecule is CCCn1ccnc1-c1ccccc1C(=O)O. The highest BCUT2D eigenvalue weighted by atomic mass is 16.4. The molecule has 2 rings (SSSR count). The molecule has 0 unspecified atom stereocenters. The minimum Gasteiger partial charge on any atom is -0.478 e. The maximum absolute atomic E-state index is 11.1. The summed E-state index contributed by atoms with van der Waals surface area (Å²) in [5, 5.41) is 9.15. The molecular formula is C13H14N2O2. The quantitative estimate of drug-likeness (QED) is 0.878. The largest absolute Gasteiger partial charge is 0.478 e. The minimum absolute atomic E-state index is 0.288. The third-order valence-electron chi connectivity index (χ3n) is 2.58. The van der Waals surface area contributed by atoms with Crippen molar-refractivity contribution in [1.82, 2.24) is 9.55 Å². The number of imidazole rings is 1. The third-order valence-corrected chi connectivity index (χ3v) is 2.58. The highest BCUT2D eigenvalue weighted by Gasteiger charge is 2.14. The van der Waals surface area contributed by atoms with Gasteiger partial charge in [0, 0.05) is 24.5 Å². The van der Waals surface area contributed by atoms with Crippen LogP contribution in [0.15, 0.2) is 36.7 Å². The van der Waals surface area contributed by atoms with Gasteiger partial charge in [0.05, 0.1) is 5.56 Å². The molecule has 4 nitrogen and oxygen atoms in total. The molecule has 0 aliphatic carbocycles. The third kappa shape index (κ3) is 2.20. The molecule has 0 aliphatic rings. The highest BCUT2D eigenvalue weighted by Crippen LogP contribution is 2.22. The van der Waals surface area contributed by atoms with Crippen molar-refractivity contribution in [3.63, 3.8) is 0 Å². The fourth-order valence-electron chi connectivity index (χ4n) is 1.84. The molecule has 1 heterocycles. The van der Waals surface area contributed by atoms with Crippen LogP contribution in [-0.4, -0.2) is 20.6 Å². The Kier molecular flexibility index (Phi) is 3.23. The van der Waals surface area contributed by atoms with E-state index in [0.717, 1.165) is 13.0 Å². The Balaban J connectivity index is 2.52. The first-order valence-corrected chi connectivity index (χ1v) is 5.58. The summed E-state index contributed by atoms with van der Waals surface area (Å²) >= 11 is 0. The lowest BCUT2D eigenvalue weighted by atomic mass is 10.1. The summed E-state index contributed by atoms with van der Waals surface area (Å²) < 4.78 is 1.97. The molecular weight excluding hydrogens is 216 g/mol. The second-order valence-corrected chi connectivity index (χ2v) is 3.79. The number of aromatic nitrogens is 2. The molecule has 1 aromatic carbocycles. The van der Waals surface area contributed by atoms with E-state index in [9.17, 15) is 4.79 Å². The fraction of sp³-hybridized carbons (Fsp3) is 0.231. The molecule has 1 N–H and O–H groups in total. The van der Waals surface area contributed by atoms with Crippen LogP contribution in [0.1, 0.15) is 23.7 Å². The predicted octanol–water partition coefficient (Wildman–Crippen LogP) is 2.66. The topological polar surface area (TPSA) is 55.1 Å². The van der Waals surface area contributed by atoms with Crippen molar-refractivity contribution in [2.75, 3.05) is 0 Å². The Morgan fingerprint density at radius 2 is 2.18 bits per heavy atom. The first kappa shape index (κ1) is 11.4. The lowest BCUT2D eigenvalue weighted by Gasteiger charge is -2.08. The Bertz CT molecular complexity index is 532. The van der Waals surface area contributed by atoms with E-state index < -0.39 is 5.97 Å². The second-order valence-electron chi connectivity index (χ2n) is 3.79. The van der Waals surface area contributed by atoms with E-state index in [1.807, 2.05) is 16.8 Å². The maximum atomic E-state index is 11.1. The number of hydrogen-bond donors (Lipinski definition) is 1. The van der Waals surface area contributed by atoms with Crippen molar-refractivity contribution in [1.29, 1.82) is 0 Å². The highest BCUT2D eigenvalue weighted by molar-refractivity contribution is 5.94. The number of carboxylic acid groups (broad SMARTS) is 1. The molecule has 2 aromatic rings. The number of hydrogen-bond acceptors (Lipinski definition) is 2. The summed E-state index contributed by atoms with van der Waals surface area (Å²) in [5.41, 5.74) is 0.953. The molecule has 1 aromatic heterocycles. The summed E-state index contributed by atoms with van der Waals surface area (Å²) in [6.07, 6.45) is 4.56. The first-order valence-electron chi connectivity index (χ1n) is 5.58. The van der Waals surface area contributed by atoms with E-state index in [2.05, 4.69) is 11.9 Å². The van der Waals surface area contributed by atoms with Gasteiger partial charge in [-0.1, -0.05) is 25.1 Å². The normalized spacial score (nSPS) is 10.4. The van der Waals surface area contributed by atoms with Crippen LogP contribution in [0.25, 0.3) is 11.4 Å². The molecule has 17 heavy (non-hydrogen) atoms. The molecule has 4 heteroatoms. The van der Waals surface area contributed by atoms with E-state index >= 15 is 0 Å². The number of benzene rings is 1. The van der Waals surface area contributed by atoms with Crippen molar-refractivity contribution >= 4 is 5.97 Å². The number of carbonyl (C=O) groups is 1. The van der Waals surface area contributed by atoms with Crippen LogP contribution in [0.5, 0.6) is 0 Å². The Hall–Kier alpha value is -2.10. The van der Waals surface area contributed by atoms with E-state index in [1.54, 1.807) is 24.4 Å². The molecule has 0 bridgehead atoms. The average Bonchev–Trinajstić information content (AvgIpc) is 2.77. The molecule has 0 atom stereocenters. The fourth-order valence-corrected chi connectivity index (χ4v) is 1.84. The van der Waals surface area contributed by atoms with Gasteiger partial charge in [-0.05, 0) is 12.5 Å². The van der Waals surface area contributed by atoms with Gasteiger partial charge in [-0.3, -0.25) is 0 Å². The maximum Gasteiger partial charge on any atom is 0.336 e. The van der Waals surface area contributed by atoms with Gasteiger partial charge in [0.25, 0.3) is 0 Å². The summed E-state index contributed by atoms with van der Waals surface area (Å²) in [6.45, 7) is 2.91. The summed E-state index contributed by atoms with van der Waals surface area (Å²) in [7, 11) is 0. The van der Waals surface area contributed by atoms with Crippen LogP contribution >= 0.6 is 0 Å². The van der Waals surface area contributed by atoms with Gasteiger partial charge in [-0.15, -0.1) is 0 Å². The van der Waals surface area contributed by atoms with Crippen LogP contribution in [0, 0.1) is 0 Å². The molecule has 0 radical (unpaired) electrons. The lowest BCUT2D eigenvalue weighted by Crippen LogP contribution is -2.04. The standard InChI is InChI=1S/C13H14N2O2/c1-2-8-15-9-7-14-12(15)10-5-3-4-6-11(10)13(16)17/h3-7,9H,2,8H2,1H3,(H,16,17). The zero-order chi connectivity index (χ0) is 12.3. The van der Waals surface area contributed by atoms with E-state index in [-0.39, 0.29) is 5.56 Å². The van der Waals surface area contributed by atoms with Crippen molar-refractivity contribution < 1.29 is 9.90 Å². The van der Waals surface area contributed by atoms with Crippen LogP contribution in [0.2, 0.25) is 0 Å². The lowest BCUT2D eigenvalue weighted by molar-refractivity contribution is 0.0697. The van der Waals surface area contributed by atoms with Crippen molar-refractivity contribution in [3.8, 4) is 11.4 Å². The number of rotatable bonds is 4. The Morgan fingerprint density at radius 3 is 2.88 bits per heavy atom. The molecule has 0 amide bonds. The summed E-state index contributed by atoms with van der Waals surface area (Å²) in [5.74, 6) is -0.212. The van der Waals surface area contributed by atoms with E-state index in [1.165, 1.54) is 0 Å². The monoisotopic (exact) mass is 230 g/mol. The second kappa shape index (κ2) is 4.82. The number of carboxylic acids is 1. The van der Waals surface area contributed by atoms with Crippen LogP contribution < -0.4 is 0 Å². The van der Waals surface area contributed by atoms with Gasteiger partial charge >= 0.3 is 5.97 Å². The molecule has 0 spiro atoms. The number of aromatic carboxylic acids is 1. The van der Waals surface area contributed by atoms with Gasteiger partial charge in [-0.25, -0.2) is 9.78 Å². The molecule has 0 saturated carbocycles. The smallest absolute Gasteiger partial charge is 0.336 e. The summed E-state index contributed by atoms with van der Waals surface area (Å²) in [6, 6.07) is 6.94. The Labute approximate surface area is 99.5 Å².